The van der Waals surface area contributed by atoms with Gasteiger partial charge in [0.15, 0.2) is 0 Å². The van der Waals surface area contributed by atoms with Crippen molar-refractivity contribution in [1.29, 1.82) is 0 Å². The molecule has 0 spiro atoms. The van der Waals surface area contributed by atoms with Crippen LogP contribution in [0.15, 0.2) is 24.3 Å². The zero-order valence-corrected chi connectivity index (χ0v) is 12.4. The van der Waals surface area contributed by atoms with Crippen LogP contribution < -0.4 is 10.1 Å². The number of rotatable bonds is 3. The Hall–Kier alpha value is -1.32. The molecular formula is C16H19NOS. The predicted octanol–water partition coefficient (Wildman–Crippen LogP) is 3.61. The highest BCUT2D eigenvalue weighted by Crippen LogP contribution is 2.34. The Kier molecular flexibility index (Phi) is 3.33. The molecule has 2 nitrogen and oxygen atoms in total. The minimum absolute atomic E-state index is 0.281. The Morgan fingerprint density at radius 1 is 1.26 bits per heavy atom. The third kappa shape index (κ3) is 2.28. The second kappa shape index (κ2) is 4.99. The molecule has 1 aromatic carbocycles. The maximum absolute atomic E-state index is 5.58. The van der Waals surface area contributed by atoms with Crippen LogP contribution >= 0.6 is 11.3 Å². The fourth-order valence-corrected chi connectivity index (χ4v) is 3.78. The summed E-state index contributed by atoms with van der Waals surface area (Å²) in [6.07, 6.45) is 1.03. The molecule has 1 atom stereocenters. The van der Waals surface area contributed by atoms with E-state index in [4.69, 9.17) is 4.74 Å². The Morgan fingerprint density at radius 2 is 2.11 bits per heavy atom. The third-order valence-corrected chi connectivity index (χ3v) is 5.02. The van der Waals surface area contributed by atoms with Gasteiger partial charge in [-0.25, -0.2) is 0 Å². The smallest absolute Gasteiger partial charge is 0.122 e. The molecule has 2 heterocycles. The first-order valence-electron chi connectivity index (χ1n) is 6.69. The van der Waals surface area contributed by atoms with E-state index in [1.807, 2.05) is 18.4 Å². The summed E-state index contributed by atoms with van der Waals surface area (Å²) >= 11 is 1.88. The van der Waals surface area contributed by atoms with Crippen molar-refractivity contribution in [2.45, 2.75) is 26.3 Å². The summed E-state index contributed by atoms with van der Waals surface area (Å²) in [7, 11) is 2.03. The fraction of sp³-hybridized carbons (Fsp3) is 0.375. The lowest BCUT2D eigenvalue weighted by Gasteiger charge is -2.16. The summed E-state index contributed by atoms with van der Waals surface area (Å²) in [5, 5.41) is 3.44. The van der Waals surface area contributed by atoms with Crippen LogP contribution in [0.25, 0.3) is 0 Å². The average molecular weight is 273 g/mol. The lowest BCUT2D eigenvalue weighted by Crippen LogP contribution is -2.16. The molecule has 0 saturated carbocycles. The van der Waals surface area contributed by atoms with Gasteiger partial charge in [-0.1, -0.05) is 12.1 Å². The molecule has 1 aromatic heterocycles. The van der Waals surface area contributed by atoms with Crippen LogP contribution in [0, 0.1) is 13.8 Å². The van der Waals surface area contributed by atoms with Gasteiger partial charge in [-0.15, -0.1) is 11.3 Å². The first kappa shape index (κ1) is 12.7. The minimum atomic E-state index is 0.281. The van der Waals surface area contributed by atoms with Crippen LogP contribution in [0.3, 0.4) is 0 Å². The van der Waals surface area contributed by atoms with Crippen LogP contribution in [0.5, 0.6) is 5.75 Å². The van der Waals surface area contributed by atoms with Gasteiger partial charge in [0.2, 0.25) is 0 Å². The highest BCUT2D eigenvalue weighted by atomic mass is 32.1. The molecule has 100 valence electrons. The van der Waals surface area contributed by atoms with E-state index in [1.54, 1.807) is 0 Å². The summed E-state index contributed by atoms with van der Waals surface area (Å²) in [5.74, 6) is 1.05. The Morgan fingerprint density at radius 3 is 2.79 bits per heavy atom. The zero-order chi connectivity index (χ0) is 13.4. The predicted molar refractivity (Wildman–Crippen MR) is 80.3 cm³/mol. The number of thiophene rings is 1. The van der Waals surface area contributed by atoms with E-state index in [2.05, 4.69) is 43.4 Å². The van der Waals surface area contributed by atoms with E-state index in [1.165, 1.54) is 26.4 Å². The standard InChI is InChI=1S/C16H19NOS/c1-10-8-15(19-11(10)2)16(17-3)13-4-5-14-12(9-13)6-7-18-14/h4-5,8-9,16-17H,6-7H2,1-3H3. The molecule has 0 amide bonds. The van der Waals surface area contributed by atoms with Crippen molar-refractivity contribution >= 4 is 11.3 Å². The van der Waals surface area contributed by atoms with Crippen molar-refractivity contribution in [1.82, 2.24) is 5.32 Å². The van der Waals surface area contributed by atoms with Gasteiger partial charge < -0.3 is 10.1 Å². The van der Waals surface area contributed by atoms with Crippen molar-refractivity contribution in [3.63, 3.8) is 0 Å². The summed E-state index contributed by atoms with van der Waals surface area (Å²) in [6.45, 7) is 5.19. The van der Waals surface area contributed by atoms with Gasteiger partial charge in [0.05, 0.1) is 12.6 Å². The first-order chi connectivity index (χ1) is 9.19. The molecule has 19 heavy (non-hydrogen) atoms. The highest BCUT2D eigenvalue weighted by Gasteiger charge is 2.19. The van der Waals surface area contributed by atoms with Gasteiger partial charge in [-0.3, -0.25) is 0 Å². The van der Waals surface area contributed by atoms with Crippen molar-refractivity contribution in [2.24, 2.45) is 0 Å². The summed E-state index contributed by atoms with van der Waals surface area (Å²) in [4.78, 5) is 2.79. The van der Waals surface area contributed by atoms with Crippen molar-refractivity contribution < 1.29 is 4.74 Å². The SMILES string of the molecule is CNC(c1ccc2c(c1)CCO2)c1cc(C)c(C)s1. The van der Waals surface area contributed by atoms with Crippen LogP contribution in [-0.2, 0) is 6.42 Å². The van der Waals surface area contributed by atoms with Crippen molar-refractivity contribution in [3.05, 3.63) is 50.7 Å². The normalized spacial score (nSPS) is 15.1. The van der Waals surface area contributed by atoms with E-state index in [-0.39, 0.29) is 6.04 Å². The minimum Gasteiger partial charge on any atom is -0.493 e. The van der Waals surface area contributed by atoms with Crippen LogP contribution in [-0.4, -0.2) is 13.7 Å². The molecule has 1 aliphatic heterocycles. The number of hydrogen-bond donors (Lipinski definition) is 1. The van der Waals surface area contributed by atoms with Gasteiger partial charge >= 0.3 is 0 Å². The van der Waals surface area contributed by atoms with Gasteiger partial charge in [0.25, 0.3) is 0 Å². The van der Waals surface area contributed by atoms with Gasteiger partial charge in [-0.2, -0.15) is 0 Å². The maximum atomic E-state index is 5.58. The van der Waals surface area contributed by atoms with Crippen LogP contribution in [0.2, 0.25) is 0 Å². The fourth-order valence-electron chi connectivity index (χ4n) is 2.60. The molecule has 1 unspecified atom stereocenters. The Balaban J connectivity index is 1.98. The second-order valence-electron chi connectivity index (χ2n) is 5.08. The van der Waals surface area contributed by atoms with Gasteiger partial charge in [0, 0.05) is 16.2 Å². The molecule has 3 rings (SSSR count). The number of benzene rings is 1. The molecule has 1 aliphatic rings. The zero-order valence-electron chi connectivity index (χ0n) is 11.6. The monoisotopic (exact) mass is 273 g/mol. The first-order valence-corrected chi connectivity index (χ1v) is 7.50. The molecule has 2 aromatic rings. The van der Waals surface area contributed by atoms with Gasteiger partial charge in [0.1, 0.15) is 5.75 Å². The van der Waals surface area contributed by atoms with Crippen molar-refractivity contribution in [3.8, 4) is 5.75 Å². The van der Waals surface area contributed by atoms with Gasteiger partial charge in [-0.05, 0) is 49.7 Å². The molecule has 0 fully saturated rings. The largest absolute Gasteiger partial charge is 0.493 e. The lowest BCUT2D eigenvalue weighted by atomic mass is 10.0. The number of nitrogens with one attached hydrogen (secondary N) is 1. The molecule has 1 N–H and O–H groups in total. The molecule has 0 aliphatic carbocycles. The summed E-state index contributed by atoms with van der Waals surface area (Å²) < 4.78 is 5.58. The quantitative estimate of drug-likeness (QED) is 0.922. The number of aryl methyl sites for hydroxylation is 2. The molecule has 3 heteroatoms. The topological polar surface area (TPSA) is 21.3 Å². The highest BCUT2D eigenvalue weighted by molar-refractivity contribution is 7.12. The van der Waals surface area contributed by atoms with E-state index >= 15 is 0 Å². The Bertz CT molecular complexity index is 583. The van der Waals surface area contributed by atoms with Crippen LogP contribution in [0.1, 0.15) is 32.5 Å². The number of fused-ring (bicyclic) bond motifs is 1. The molecule has 0 radical (unpaired) electrons. The van der Waals surface area contributed by atoms with E-state index in [0.29, 0.717) is 0 Å². The third-order valence-electron chi connectivity index (χ3n) is 3.81. The average Bonchev–Trinajstić information content (AvgIpc) is 2.98. The van der Waals surface area contributed by atoms with Crippen molar-refractivity contribution in [2.75, 3.05) is 13.7 Å². The molecule has 0 saturated heterocycles. The summed E-state index contributed by atoms with van der Waals surface area (Å²) in [5.41, 5.74) is 4.04. The number of hydrogen-bond acceptors (Lipinski definition) is 3. The van der Waals surface area contributed by atoms with E-state index in [9.17, 15) is 0 Å². The maximum Gasteiger partial charge on any atom is 0.122 e. The van der Waals surface area contributed by atoms with Crippen LogP contribution in [0.4, 0.5) is 0 Å². The van der Waals surface area contributed by atoms with E-state index < -0.39 is 0 Å². The molecule has 0 bridgehead atoms. The number of ether oxygens (including phenoxy) is 1. The lowest BCUT2D eigenvalue weighted by molar-refractivity contribution is 0.357. The summed E-state index contributed by atoms with van der Waals surface area (Å²) in [6, 6.07) is 9.15. The molecular weight excluding hydrogens is 254 g/mol. The second-order valence-corrected chi connectivity index (χ2v) is 6.36. The Labute approximate surface area is 118 Å². The van der Waals surface area contributed by atoms with E-state index in [0.717, 1.165) is 18.8 Å².